The van der Waals surface area contributed by atoms with Crippen molar-refractivity contribution in [3.8, 4) is 11.4 Å². The fourth-order valence-corrected chi connectivity index (χ4v) is 3.63. The van der Waals surface area contributed by atoms with E-state index in [0.717, 1.165) is 0 Å². The number of carbonyl (C=O) groups is 1. The zero-order valence-corrected chi connectivity index (χ0v) is 17.1. The molecule has 0 spiro atoms. The van der Waals surface area contributed by atoms with E-state index in [-0.39, 0.29) is 5.56 Å². The maximum atomic E-state index is 14.3. The summed E-state index contributed by atoms with van der Waals surface area (Å²) in [5.41, 5.74) is 0.429. The summed E-state index contributed by atoms with van der Waals surface area (Å²) in [6.45, 7) is 0. The summed E-state index contributed by atoms with van der Waals surface area (Å²) in [5.74, 6) is -6.57. The fraction of sp³-hybridized carbons (Fsp3) is 0.300. The van der Waals surface area contributed by atoms with Gasteiger partial charge < -0.3 is 15.4 Å². The Labute approximate surface area is 187 Å². The van der Waals surface area contributed by atoms with Crippen LogP contribution in [0.2, 0.25) is 0 Å². The molecule has 1 aliphatic carbocycles. The van der Waals surface area contributed by atoms with Gasteiger partial charge in [0.15, 0.2) is 17.4 Å². The summed E-state index contributed by atoms with van der Waals surface area (Å²) in [4.78, 5) is 17.6. The molecule has 180 valence electrons. The van der Waals surface area contributed by atoms with Crippen molar-refractivity contribution in [2.75, 3.05) is 5.32 Å². The van der Waals surface area contributed by atoms with Gasteiger partial charge in [-0.15, -0.1) is 13.2 Å². The highest BCUT2D eigenvalue weighted by atomic mass is 19.4. The van der Waals surface area contributed by atoms with Crippen molar-refractivity contribution in [1.29, 1.82) is 0 Å². The molecule has 1 aliphatic rings. The van der Waals surface area contributed by atoms with Crippen LogP contribution in [0, 0.1) is 5.82 Å². The molecular weight excluding hydrogens is 470 g/mol. The van der Waals surface area contributed by atoms with E-state index in [4.69, 9.17) is 0 Å². The number of carbonyl (C=O) groups excluding carboxylic acids is 1. The quantitative estimate of drug-likeness (QED) is 0.516. The normalized spacial score (nSPS) is 19.6. The standard InChI is InChI=1S/C20H16F6N6O2/c21-13-7-11(34-20(24,25)26)10-27-17(13)30-14-8-19(22,23)9-15(14)31-18(33)12-3-1-2-4-16(12)32-28-5-6-29-32/h1-7,10,14-15H,8-9H2,(H,27,30)(H,31,33)/t14-,15-/m0/s1. The summed E-state index contributed by atoms with van der Waals surface area (Å²) in [6, 6.07) is 4.37. The first-order valence-corrected chi connectivity index (χ1v) is 9.83. The number of benzene rings is 1. The van der Waals surface area contributed by atoms with Crippen LogP contribution in [0.25, 0.3) is 5.69 Å². The fourth-order valence-electron chi connectivity index (χ4n) is 3.63. The molecule has 0 aliphatic heterocycles. The van der Waals surface area contributed by atoms with Crippen molar-refractivity contribution in [3.05, 3.63) is 60.3 Å². The first kappa shape index (κ1) is 23.3. The Morgan fingerprint density at radius 1 is 1.12 bits per heavy atom. The van der Waals surface area contributed by atoms with Gasteiger partial charge in [0, 0.05) is 18.9 Å². The highest BCUT2D eigenvalue weighted by Gasteiger charge is 2.47. The molecule has 4 rings (SSSR count). The molecule has 0 saturated heterocycles. The molecule has 14 heteroatoms. The van der Waals surface area contributed by atoms with E-state index in [2.05, 4.69) is 30.6 Å². The third kappa shape index (κ3) is 5.38. The van der Waals surface area contributed by atoms with Crippen molar-refractivity contribution in [1.82, 2.24) is 25.3 Å². The van der Waals surface area contributed by atoms with Gasteiger partial charge in [0.1, 0.15) is 0 Å². The van der Waals surface area contributed by atoms with E-state index >= 15 is 0 Å². The predicted octanol–water partition coefficient (Wildman–Crippen LogP) is 3.71. The molecule has 0 bridgehead atoms. The Balaban J connectivity index is 1.52. The number of amides is 1. The number of aromatic nitrogens is 4. The highest BCUT2D eigenvalue weighted by Crippen LogP contribution is 2.37. The number of nitrogens with one attached hydrogen (secondary N) is 2. The third-order valence-electron chi connectivity index (χ3n) is 4.99. The molecule has 8 nitrogen and oxygen atoms in total. The number of para-hydroxylation sites is 1. The Bertz CT molecular complexity index is 1170. The van der Waals surface area contributed by atoms with Gasteiger partial charge >= 0.3 is 6.36 Å². The van der Waals surface area contributed by atoms with Crippen LogP contribution in [0.4, 0.5) is 32.2 Å². The van der Waals surface area contributed by atoms with Crippen LogP contribution < -0.4 is 15.4 Å². The number of halogens is 6. The third-order valence-corrected chi connectivity index (χ3v) is 4.99. The van der Waals surface area contributed by atoms with Gasteiger partial charge in [0.2, 0.25) is 0 Å². The maximum Gasteiger partial charge on any atom is 0.573 e. The molecule has 1 amide bonds. The van der Waals surface area contributed by atoms with Crippen molar-refractivity contribution in [3.63, 3.8) is 0 Å². The van der Waals surface area contributed by atoms with Crippen molar-refractivity contribution < 1.29 is 35.9 Å². The lowest BCUT2D eigenvalue weighted by molar-refractivity contribution is -0.274. The molecule has 0 unspecified atom stereocenters. The molecular formula is C20H16F6N6O2. The second kappa shape index (κ2) is 8.83. The molecule has 2 aromatic heterocycles. The van der Waals surface area contributed by atoms with Gasteiger partial charge in [0.25, 0.3) is 11.8 Å². The first-order valence-electron chi connectivity index (χ1n) is 9.83. The van der Waals surface area contributed by atoms with Crippen LogP contribution in [-0.2, 0) is 0 Å². The lowest BCUT2D eigenvalue weighted by atomic mass is 10.1. The van der Waals surface area contributed by atoms with Gasteiger partial charge in [-0.2, -0.15) is 15.0 Å². The molecule has 3 aromatic rings. The summed E-state index contributed by atoms with van der Waals surface area (Å²) in [7, 11) is 0. The van der Waals surface area contributed by atoms with Crippen molar-refractivity contribution in [2.45, 2.75) is 37.2 Å². The number of hydrogen-bond acceptors (Lipinski definition) is 6. The molecule has 0 radical (unpaired) electrons. The van der Waals surface area contributed by atoms with E-state index in [1.165, 1.54) is 23.3 Å². The SMILES string of the molecule is O=C(N[C@H]1CC(F)(F)C[C@@H]1Nc1ncc(OC(F)(F)F)cc1F)c1ccccc1-n1nccn1. The van der Waals surface area contributed by atoms with Gasteiger partial charge in [0.05, 0.1) is 41.9 Å². The monoisotopic (exact) mass is 486 g/mol. The lowest BCUT2D eigenvalue weighted by Crippen LogP contribution is -2.44. The van der Waals surface area contributed by atoms with Gasteiger partial charge in [-0.05, 0) is 12.1 Å². The minimum absolute atomic E-state index is 0.116. The Kier molecular flexibility index (Phi) is 6.06. The van der Waals surface area contributed by atoms with Crippen LogP contribution in [0.15, 0.2) is 48.9 Å². The number of nitrogens with zero attached hydrogens (tertiary/aromatic N) is 4. The molecule has 2 heterocycles. The summed E-state index contributed by atoms with van der Waals surface area (Å²) in [6.07, 6.45) is -3.14. The minimum atomic E-state index is -5.05. The van der Waals surface area contributed by atoms with Gasteiger partial charge in [-0.25, -0.2) is 18.2 Å². The Morgan fingerprint density at radius 3 is 2.47 bits per heavy atom. The first-order chi connectivity index (χ1) is 16.0. The van der Waals surface area contributed by atoms with Crippen LogP contribution in [0.3, 0.4) is 0 Å². The van der Waals surface area contributed by atoms with E-state index < -0.39 is 60.5 Å². The summed E-state index contributed by atoms with van der Waals surface area (Å²) in [5, 5.41) is 12.9. The average Bonchev–Trinajstić information content (AvgIpc) is 3.36. The van der Waals surface area contributed by atoms with E-state index in [9.17, 15) is 31.1 Å². The molecule has 2 atom stereocenters. The zero-order valence-electron chi connectivity index (χ0n) is 17.1. The minimum Gasteiger partial charge on any atom is -0.404 e. The predicted molar refractivity (Wildman–Crippen MR) is 105 cm³/mol. The van der Waals surface area contributed by atoms with E-state index in [1.807, 2.05) is 0 Å². The van der Waals surface area contributed by atoms with E-state index in [1.54, 1.807) is 18.2 Å². The second-order valence-electron chi connectivity index (χ2n) is 7.48. The topological polar surface area (TPSA) is 94.0 Å². The van der Waals surface area contributed by atoms with Gasteiger partial charge in [-0.1, -0.05) is 12.1 Å². The molecule has 1 aromatic carbocycles. The number of hydrogen-bond donors (Lipinski definition) is 2. The van der Waals surface area contributed by atoms with Crippen molar-refractivity contribution in [2.24, 2.45) is 0 Å². The largest absolute Gasteiger partial charge is 0.573 e. The Hall–Kier alpha value is -3.84. The van der Waals surface area contributed by atoms with Gasteiger partial charge in [-0.3, -0.25) is 4.79 Å². The maximum absolute atomic E-state index is 14.3. The molecule has 2 N–H and O–H groups in total. The number of ether oxygens (including phenoxy) is 1. The lowest BCUT2D eigenvalue weighted by Gasteiger charge is -2.22. The second-order valence-corrected chi connectivity index (χ2v) is 7.48. The molecule has 1 fully saturated rings. The average molecular weight is 486 g/mol. The number of rotatable bonds is 6. The van der Waals surface area contributed by atoms with Crippen LogP contribution in [0.5, 0.6) is 5.75 Å². The number of alkyl halides is 5. The molecule has 1 saturated carbocycles. The summed E-state index contributed by atoms with van der Waals surface area (Å²) >= 11 is 0. The summed E-state index contributed by atoms with van der Waals surface area (Å²) < 4.78 is 83.1. The smallest absolute Gasteiger partial charge is 0.404 e. The zero-order chi connectivity index (χ0) is 24.5. The van der Waals surface area contributed by atoms with Crippen molar-refractivity contribution >= 4 is 11.7 Å². The highest BCUT2D eigenvalue weighted by molar-refractivity contribution is 5.98. The van der Waals surface area contributed by atoms with Crippen LogP contribution in [-0.4, -0.2) is 50.3 Å². The van der Waals surface area contributed by atoms with Crippen LogP contribution >= 0.6 is 0 Å². The van der Waals surface area contributed by atoms with E-state index in [0.29, 0.717) is 18.0 Å². The molecule has 34 heavy (non-hydrogen) atoms. The number of anilines is 1. The van der Waals surface area contributed by atoms with Crippen LogP contribution in [0.1, 0.15) is 23.2 Å². The Morgan fingerprint density at radius 2 is 1.79 bits per heavy atom. The number of pyridine rings is 1.